The SMILES string of the molecule is Cc1cc(C(=O)O)c(C)n1-c1cc(C(F)(F)F)ccc1Cl. The van der Waals surface area contributed by atoms with Gasteiger partial charge in [0.05, 0.1) is 21.8 Å². The van der Waals surface area contributed by atoms with Crippen molar-refractivity contribution in [3.8, 4) is 5.69 Å². The number of halogens is 4. The second-order valence-electron chi connectivity index (χ2n) is 4.59. The molecule has 0 spiro atoms. The number of benzene rings is 1. The van der Waals surface area contributed by atoms with Gasteiger partial charge in [-0.05, 0) is 38.1 Å². The van der Waals surface area contributed by atoms with E-state index in [9.17, 15) is 18.0 Å². The van der Waals surface area contributed by atoms with E-state index in [4.69, 9.17) is 16.7 Å². The quantitative estimate of drug-likeness (QED) is 0.888. The highest BCUT2D eigenvalue weighted by atomic mass is 35.5. The van der Waals surface area contributed by atoms with Crippen molar-refractivity contribution in [2.45, 2.75) is 20.0 Å². The highest BCUT2D eigenvalue weighted by Crippen LogP contribution is 2.34. The lowest BCUT2D eigenvalue weighted by atomic mass is 10.2. The van der Waals surface area contributed by atoms with Crippen LogP contribution < -0.4 is 0 Å². The molecule has 0 aliphatic heterocycles. The molecule has 1 heterocycles. The Hall–Kier alpha value is -1.95. The molecule has 0 atom stereocenters. The van der Waals surface area contributed by atoms with Crippen molar-refractivity contribution in [3.63, 3.8) is 0 Å². The summed E-state index contributed by atoms with van der Waals surface area (Å²) in [6.45, 7) is 3.13. The molecule has 0 aliphatic rings. The summed E-state index contributed by atoms with van der Waals surface area (Å²) in [5.74, 6) is -1.14. The number of carboxylic acids is 1. The number of alkyl halides is 3. The normalized spacial score (nSPS) is 11.7. The third kappa shape index (κ3) is 2.76. The zero-order valence-corrected chi connectivity index (χ0v) is 11.9. The van der Waals surface area contributed by atoms with Gasteiger partial charge in [0.1, 0.15) is 0 Å². The van der Waals surface area contributed by atoms with Crippen LogP contribution in [0.15, 0.2) is 24.3 Å². The highest BCUT2D eigenvalue weighted by Gasteiger charge is 2.31. The van der Waals surface area contributed by atoms with E-state index < -0.39 is 17.7 Å². The summed E-state index contributed by atoms with van der Waals surface area (Å²) in [4.78, 5) is 11.1. The molecule has 0 radical (unpaired) electrons. The largest absolute Gasteiger partial charge is 0.478 e. The molecular weight excluding hydrogens is 307 g/mol. The van der Waals surface area contributed by atoms with Crippen molar-refractivity contribution in [2.24, 2.45) is 0 Å². The van der Waals surface area contributed by atoms with Crippen molar-refractivity contribution in [1.29, 1.82) is 0 Å². The Balaban J connectivity index is 2.70. The first-order valence-electron chi connectivity index (χ1n) is 5.92. The molecule has 1 aromatic heterocycles. The van der Waals surface area contributed by atoms with Crippen LogP contribution in [0.25, 0.3) is 5.69 Å². The fourth-order valence-corrected chi connectivity index (χ4v) is 2.41. The summed E-state index contributed by atoms with van der Waals surface area (Å²) in [6.07, 6.45) is -4.50. The Labute approximate surface area is 123 Å². The topological polar surface area (TPSA) is 42.2 Å². The number of nitrogens with zero attached hydrogens (tertiary/aromatic N) is 1. The third-order valence-electron chi connectivity index (χ3n) is 3.18. The number of carboxylic acid groups (broad SMARTS) is 1. The van der Waals surface area contributed by atoms with Crippen LogP contribution in [0.3, 0.4) is 0 Å². The lowest BCUT2D eigenvalue weighted by molar-refractivity contribution is -0.137. The molecule has 0 saturated carbocycles. The molecule has 1 aromatic carbocycles. The summed E-state index contributed by atoms with van der Waals surface area (Å²) >= 11 is 5.98. The molecule has 0 saturated heterocycles. The maximum absolute atomic E-state index is 12.8. The van der Waals surface area contributed by atoms with Crippen LogP contribution in [0.1, 0.15) is 27.3 Å². The average Bonchev–Trinajstić information content (AvgIpc) is 2.65. The smallest absolute Gasteiger partial charge is 0.416 e. The maximum Gasteiger partial charge on any atom is 0.416 e. The van der Waals surface area contributed by atoms with Crippen molar-refractivity contribution < 1.29 is 23.1 Å². The van der Waals surface area contributed by atoms with E-state index >= 15 is 0 Å². The monoisotopic (exact) mass is 317 g/mol. The molecule has 1 N–H and O–H groups in total. The van der Waals surface area contributed by atoms with Gasteiger partial charge in [0.15, 0.2) is 0 Å². The maximum atomic E-state index is 12.8. The predicted molar refractivity (Wildman–Crippen MR) is 72.2 cm³/mol. The van der Waals surface area contributed by atoms with E-state index in [0.717, 1.165) is 18.2 Å². The van der Waals surface area contributed by atoms with E-state index in [2.05, 4.69) is 0 Å². The standard InChI is InChI=1S/C14H11ClF3NO2/c1-7-5-10(13(20)21)8(2)19(7)12-6-9(14(16,17)18)3-4-11(12)15/h3-6H,1-2H3,(H,20,21). The Morgan fingerprint density at radius 1 is 1.24 bits per heavy atom. The molecule has 0 bridgehead atoms. The zero-order chi connectivity index (χ0) is 15.9. The lowest BCUT2D eigenvalue weighted by Crippen LogP contribution is -2.08. The van der Waals surface area contributed by atoms with Gasteiger partial charge in [-0.15, -0.1) is 0 Å². The molecule has 21 heavy (non-hydrogen) atoms. The van der Waals surface area contributed by atoms with Gasteiger partial charge in [-0.2, -0.15) is 13.2 Å². The Morgan fingerprint density at radius 3 is 2.33 bits per heavy atom. The van der Waals surface area contributed by atoms with Gasteiger partial charge in [0.2, 0.25) is 0 Å². The van der Waals surface area contributed by atoms with Gasteiger partial charge >= 0.3 is 12.1 Å². The van der Waals surface area contributed by atoms with Crippen LogP contribution >= 0.6 is 11.6 Å². The Bertz CT molecular complexity index is 720. The van der Waals surface area contributed by atoms with Crippen molar-refractivity contribution in [2.75, 3.05) is 0 Å². The minimum atomic E-state index is -4.50. The fourth-order valence-electron chi connectivity index (χ4n) is 2.21. The number of carbonyl (C=O) groups is 1. The van der Waals surface area contributed by atoms with Gasteiger partial charge in [-0.1, -0.05) is 11.6 Å². The number of rotatable bonds is 2. The van der Waals surface area contributed by atoms with Gasteiger partial charge in [-0.3, -0.25) is 0 Å². The van der Waals surface area contributed by atoms with Crippen LogP contribution in [-0.2, 0) is 6.18 Å². The average molecular weight is 318 g/mol. The Morgan fingerprint density at radius 2 is 1.86 bits per heavy atom. The summed E-state index contributed by atoms with van der Waals surface area (Å²) in [5.41, 5.74) is 0.105. The first kappa shape index (κ1) is 15.4. The van der Waals surface area contributed by atoms with Crippen LogP contribution in [-0.4, -0.2) is 15.6 Å². The molecule has 7 heteroatoms. The Kier molecular flexibility index (Phi) is 3.76. The number of aryl methyl sites for hydroxylation is 1. The minimum absolute atomic E-state index is 0.0287. The highest BCUT2D eigenvalue weighted by molar-refractivity contribution is 6.32. The summed E-state index contributed by atoms with van der Waals surface area (Å²) in [5, 5.41) is 9.19. The minimum Gasteiger partial charge on any atom is -0.478 e. The fraction of sp³-hybridized carbons (Fsp3) is 0.214. The molecule has 0 unspecified atom stereocenters. The van der Waals surface area contributed by atoms with Crippen molar-refractivity contribution in [1.82, 2.24) is 4.57 Å². The van der Waals surface area contributed by atoms with Gasteiger partial charge in [0.25, 0.3) is 0 Å². The van der Waals surface area contributed by atoms with Gasteiger partial charge in [-0.25, -0.2) is 4.79 Å². The first-order valence-corrected chi connectivity index (χ1v) is 6.30. The van der Waals surface area contributed by atoms with Crippen LogP contribution in [0.2, 0.25) is 5.02 Å². The first-order chi connectivity index (χ1) is 9.62. The second kappa shape index (κ2) is 5.11. The van der Waals surface area contributed by atoms with Gasteiger partial charge < -0.3 is 9.67 Å². The molecule has 2 rings (SSSR count). The molecular formula is C14H11ClF3NO2. The van der Waals surface area contributed by atoms with Crippen molar-refractivity contribution in [3.05, 3.63) is 51.8 Å². The van der Waals surface area contributed by atoms with E-state index in [1.54, 1.807) is 6.92 Å². The second-order valence-corrected chi connectivity index (χ2v) is 5.00. The summed E-state index contributed by atoms with van der Waals surface area (Å²) in [6, 6.07) is 4.35. The van der Waals surface area contributed by atoms with E-state index in [1.165, 1.54) is 17.6 Å². The van der Waals surface area contributed by atoms with E-state index in [1.807, 2.05) is 0 Å². The van der Waals surface area contributed by atoms with Crippen LogP contribution in [0, 0.1) is 13.8 Å². The van der Waals surface area contributed by atoms with E-state index in [-0.39, 0.29) is 16.3 Å². The van der Waals surface area contributed by atoms with Crippen LogP contribution in [0.5, 0.6) is 0 Å². The zero-order valence-electron chi connectivity index (χ0n) is 11.1. The molecule has 3 nitrogen and oxygen atoms in total. The molecule has 0 amide bonds. The lowest BCUT2D eigenvalue weighted by Gasteiger charge is -2.14. The molecule has 112 valence electrons. The van der Waals surface area contributed by atoms with Crippen molar-refractivity contribution >= 4 is 17.6 Å². The molecule has 0 fully saturated rings. The number of aromatic carboxylic acids is 1. The van der Waals surface area contributed by atoms with Gasteiger partial charge in [0, 0.05) is 11.4 Å². The summed E-state index contributed by atoms with van der Waals surface area (Å²) in [7, 11) is 0. The van der Waals surface area contributed by atoms with Crippen LogP contribution in [0.4, 0.5) is 13.2 Å². The summed E-state index contributed by atoms with van der Waals surface area (Å²) < 4.78 is 39.8. The predicted octanol–water partition coefficient (Wildman–Crippen LogP) is 4.46. The number of hydrogen-bond donors (Lipinski definition) is 1. The number of hydrogen-bond acceptors (Lipinski definition) is 1. The molecule has 2 aromatic rings. The number of aromatic nitrogens is 1. The molecule has 0 aliphatic carbocycles. The third-order valence-corrected chi connectivity index (χ3v) is 3.50. The van der Waals surface area contributed by atoms with E-state index in [0.29, 0.717) is 11.4 Å².